The van der Waals surface area contributed by atoms with Gasteiger partial charge in [0.15, 0.2) is 9.84 Å². The van der Waals surface area contributed by atoms with E-state index >= 15 is 0 Å². The predicted octanol–water partition coefficient (Wildman–Crippen LogP) is 2.80. The first-order valence-electron chi connectivity index (χ1n) is 9.38. The predicted molar refractivity (Wildman–Crippen MR) is 109 cm³/mol. The van der Waals surface area contributed by atoms with Crippen LogP contribution in [0, 0.1) is 0 Å². The zero-order chi connectivity index (χ0) is 18.6. The standard InChI is InChI=1S/C19H28N2O4S.ClH/c20-19(9-11-25-12-10-19)18(22)21-16-6-4-5-15(13-16)14-26(23,24)17-7-2-1-3-8-17;/h4-6,13,17H,1-3,7-12,14,20H2,(H,21,22);1H. The zero-order valence-corrected chi connectivity index (χ0v) is 17.1. The molecule has 1 aliphatic carbocycles. The van der Waals surface area contributed by atoms with Gasteiger partial charge in [0.1, 0.15) is 5.54 Å². The maximum atomic E-state index is 12.7. The SMILES string of the molecule is Cl.NC1(C(=O)Nc2cccc(CS(=O)(=O)C3CCCCC3)c2)CCOCC1. The Morgan fingerprint density at radius 2 is 1.85 bits per heavy atom. The molecule has 6 nitrogen and oxygen atoms in total. The van der Waals surface area contributed by atoms with E-state index < -0.39 is 15.4 Å². The van der Waals surface area contributed by atoms with Crippen molar-refractivity contribution in [1.82, 2.24) is 0 Å². The normalized spacial score (nSPS) is 20.5. The van der Waals surface area contributed by atoms with Crippen molar-refractivity contribution in [3.63, 3.8) is 0 Å². The minimum atomic E-state index is -3.17. The second-order valence-corrected chi connectivity index (χ2v) is 9.77. The molecule has 1 aliphatic heterocycles. The van der Waals surface area contributed by atoms with Crippen LogP contribution in [-0.2, 0) is 25.1 Å². The van der Waals surface area contributed by atoms with Crippen molar-refractivity contribution in [3.8, 4) is 0 Å². The van der Waals surface area contributed by atoms with Crippen LogP contribution in [-0.4, -0.2) is 38.3 Å². The molecule has 27 heavy (non-hydrogen) atoms. The van der Waals surface area contributed by atoms with Crippen LogP contribution in [0.3, 0.4) is 0 Å². The molecule has 3 rings (SSSR count). The van der Waals surface area contributed by atoms with Gasteiger partial charge in [0.25, 0.3) is 0 Å². The van der Waals surface area contributed by atoms with E-state index in [0.29, 0.717) is 37.3 Å². The topological polar surface area (TPSA) is 98.5 Å². The Morgan fingerprint density at radius 1 is 1.19 bits per heavy atom. The van der Waals surface area contributed by atoms with Crippen LogP contribution in [0.2, 0.25) is 0 Å². The van der Waals surface area contributed by atoms with E-state index in [-0.39, 0.29) is 29.3 Å². The Bertz CT molecular complexity index is 742. The fraction of sp³-hybridized carbons (Fsp3) is 0.632. The largest absolute Gasteiger partial charge is 0.381 e. The molecule has 2 fully saturated rings. The van der Waals surface area contributed by atoms with Crippen molar-refractivity contribution < 1.29 is 17.9 Å². The molecule has 0 aromatic heterocycles. The molecule has 1 heterocycles. The van der Waals surface area contributed by atoms with Crippen molar-refractivity contribution in [2.75, 3.05) is 18.5 Å². The van der Waals surface area contributed by atoms with Crippen LogP contribution in [0.25, 0.3) is 0 Å². The van der Waals surface area contributed by atoms with Crippen LogP contribution < -0.4 is 11.1 Å². The fourth-order valence-electron chi connectivity index (χ4n) is 3.73. The van der Waals surface area contributed by atoms with Crippen molar-refractivity contribution in [1.29, 1.82) is 0 Å². The van der Waals surface area contributed by atoms with E-state index in [9.17, 15) is 13.2 Å². The minimum Gasteiger partial charge on any atom is -0.381 e. The first-order valence-corrected chi connectivity index (χ1v) is 11.1. The second-order valence-electron chi connectivity index (χ2n) is 7.49. The van der Waals surface area contributed by atoms with E-state index in [1.54, 1.807) is 24.3 Å². The number of rotatable bonds is 5. The van der Waals surface area contributed by atoms with Gasteiger partial charge in [-0.1, -0.05) is 31.4 Å². The molecule has 3 N–H and O–H groups in total. The van der Waals surface area contributed by atoms with Gasteiger partial charge in [-0.25, -0.2) is 8.42 Å². The summed E-state index contributed by atoms with van der Waals surface area (Å²) in [5.74, 6) is -0.226. The Kier molecular flexibility index (Phi) is 7.68. The van der Waals surface area contributed by atoms with Gasteiger partial charge in [-0.05, 0) is 43.4 Å². The van der Waals surface area contributed by atoms with Crippen LogP contribution in [0.4, 0.5) is 5.69 Å². The number of benzene rings is 1. The highest BCUT2D eigenvalue weighted by molar-refractivity contribution is 7.91. The minimum absolute atomic E-state index is 0. The summed E-state index contributed by atoms with van der Waals surface area (Å²) in [5.41, 5.74) is 6.56. The lowest BCUT2D eigenvalue weighted by atomic mass is 9.90. The molecule has 2 aliphatic rings. The van der Waals surface area contributed by atoms with Gasteiger partial charge < -0.3 is 15.8 Å². The highest BCUT2D eigenvalue weighted by Gasteiger charge is 2.36. The molecule has 0 bridgehead atoms. The van der Waals surface area contributed by atoms with E-state index in [1.165, 1.54) is 0 Å². The average Bonchev–Trinajstić information content (AvgIpc) is 2.63. The number of anilines is 1. The fourth-order valence-corrected chi connectivity index (χ4v) is 5.66. The zero-order valence-electron chi connectivity index (χ0n) is 15.5. The molecule has 8 heteroatoms. The number of nitrogens with two attached hydrogens (primary N) is 1. The van der Waals surface area contributed by atoms with Crippen molar-refractivity contribution >= 4 is 33.8 Å². The first kappa shape index (κ1) is 22.1. The molecule has 1 aromatic rings. The van der Waals surface area contributed by atoms with Gasteiger partial charge in [-0.3, -0.25) is 4.79 Å². The molecule has 1 saturated heterocycles. The van der Waals surface area contributed by atoms with E-state index in [1.807, 2.05) is 0 Å². The number of amides is 1. The molecular weight excluding hydrogens is 388 g/mol. The summed E-state index contributed by atoms with van der Waals surface area (Å²) in [7, 11) is -3.17. The highest BCUT2D eigenvalue weighted by Crippen LogP contribution is 2.27. The van der Waals surface area contributed by atoms with Crippen LogP contribution in [0.1, 0.15) is 50.5 Å². The molecule has 0 radical (unpaired) electrons. The third-order valence-corrected chi connectivity index (χ3v) is 7.67. The van der Waals surface area contributed by atoms with E-state index in [2.05, 4.69) is 5.32 Å². The summed E-state index contributed by atoms with van der Waals surface area (Å²) in [6, 6.07) is 7.06. The van der Waals surface area contributed by atoms with Crippen molar-refractivity contribution in [2.24, 2.45) is 5.73 Å². The summed E-state index contributed by atoms with van der Waals surface area (Å²) < 4.78 is 30.6. The molecule has 0 atom stereocenters. The van der Waals surface area contributed by atoms with Crippen LogP contribution in [0.15, 0.2) is 24.3 Å². The lowest BCUT2D eigenvalue weighted by molar-refractivity contribution is -0.124. The molecule has 1 aromatic carbocycles. The van der Waals surface area contributed by atoms with Gasteiger partial charge in [-0.2, -0.15) is 0 Å². The van der Waals surface area contributed by atoms with E-state index in [0.717, 1.165) is 32.1 Å². The number of halogens is 1. The number of carbonyl (C=O) groups excluding carboxylic acids is 1. The number of nitrogens with one attached hydrogen (secondary N) is 1. The van der Waals surface area contributed by atoms with Crippen LogP contribution in [0.5, 0.6) is 0 Å². The average molecular weight is 417 g/mol. The highest BCUT2D eigenvalue weighted by atomic mass is 35.5. The van der Waals surface area contributed by atoms with Crippen molar-refractivity contribution in [2.45, 2.75) is 61.5 Å². The lowest BCUT2D eigenvalue weighted by Gasteiger charge is -2.31. The maximum absolute atomic E-state index is 12.7. The van der Waals surface area contributed by atoms with Gasteiger partial charge in [0.2, 0.25) is 5.91 Å². The number of ether oxygens (including phenoxy) is 1. The number of carbonyl (C=O) groups is 1. The molecule has 0 spiro atoms. The Labute approximate surface area is 167 Å². The van der Waals surface area contributed by atoms with E-state index in [4.69, 9.17) is 10.5 Å². The molecule has 1 saturated carbocycles. The third kappa shape index (κ3) is 5.67. The summed E-state index contributed by atoms with van der Waals surface area (Å²) >= 11 is 0. The lowest BCUT2D eigenvalue weighted by Crippen LogP contribution is -2.54. The van der Waals surface area contributed by atoms with Crippen LogP contribution >= 0.6 is 12.4 Å². The van der Waals surface area contributed by atoms with Gasteiger partial charge in [-0.15, -0.1) is 12.4 Å². The third-order valence-electron chi connectivity index (χ3n) is 5.45. The monoisotopic (exact) mass is 416 g/mol. The van der Waals surface area contributed by atoms with Gasteiger partial charge in [0, 0.05) is 18.9 Å². The van der Waals surface area contributed by atoms with Crippen molar-refractivity contribution in [3.05, 3.63) is 29.8 Å². The Balaban J connectivity index is 0.00000261. The summed E-state index contributed by atoms with van der Waals surface area (Å²) in [5, 5.41) is 2.61. The summed E-state index contributed by atoms with van der Waals surface area (Å²) in [6.45, 7) is 0.952. The maximum Gasteiger partial charge on any atom is 0.244 e. The quantitative estimate of drug-likeness (QED) is 0.768. The van der Waals surface area contributed by atoms with Gasteiger partial charge >= 0.3 is 0 Å². The number of hydrogen-bond donors (Lipinski definition) is 2. The summed E-state index contributed by atoms with van der Waals surface area (Å²) in [6.07, 6.45) is 5.58. The molecule has 1 amide bonds. The second kappa shape index (κ2) is 9.37. The Morgan fingerprint density at radius 3 is 2.52 bits per heavy atom. The molecule has 0 unspecified atom stereocenters. The van der Waals surface area contributed by atoms with Gasteiger partial charge in [0.05, 0.1) is 11.0 Å². The Hall–Kier alpha value is -1.15. The smallest absolute Gasteiger partial charge is 0.244 e. The first-order chi connectivity index (χ1) is 12.4. The summed E-state index contributed by atoms with van der Waals surface area (Å²) in [4.78, 5) is 12.5. The number of hydrogen-bond acceptors (Lipinski definition) is 5. The molecule has 152 valence electrons. The number of sulfone groups is 1. The molecular formula is C19H29ClN2O4S.